The Balaban J connectivity index is 0.000000201. The lowest BCUT2D eigenvalue weighted by Crippen LogP contribution is -2.51. The molecule has 638 valence electrons. The summed E-state index contributed by atoms with van der Waals surface area (Å²) in [6.07, 6.45) is 5.91. The molecule has 0 bridgehead atoms. The molecular formula is C85H102IN9O18S6. The van der Waals surface area contributed by atoms with E-state index >= 15 is 0 Å². The zero-order valence-corrected chi connectivity index (χ0v) is 74.2. The Hall–Kier alpha value is -9.98. The molecule has 0 saturated heterocycles. The van der Waals surface area contributed by atoms with Gasteiger partial charge in [-0.05, 0) is 153 Å². The highest BCUT2D eigenvalue weighted by Crippen LogP contribution is 2.38. The van der Waals surface area contributed by atoms with Crippen molar-refractivity contribution < 1.29 is 86.2 Å². The number of carboxylic acid groups (broad SMARTS) is 1. The molecule has 27 nitrogen and oxygen atoms in total. The third kappa shape index (κ3) is 29.8. The predicted octanol–water partition coefficient (Wildman–Crippen LogP) is 17.0. The van der Waals surface area contributed by atoms with Crippen LogP contribution in [-0.4, -0.2) is 131 Å². The van der Waals surface area contributed by atoms with Crippen LogP contribution in [-0.2, 0) is 77.5 Å². The number of alkyl halides is 1. The number of amides is 9. The van der Waals surface area contributed by atoms with Gasteiger partial charge in [0.05, 0.1) is 90.4 Å². The molecule has 9 amide bonds. The maximum absolute atomic E-state index is 13.9. The van der Waals surface area contributed by atoms with Crippen LogP contribution in [0.2, 0.25) is 0 Å². The lowest BCUT2D eigenvalue weighted by atomic mass is 10.0. The van der Waals surface area contributed by atoms with E-state index in [2.05, 4.69) is 54.5 Å². The fourth-order valence-corrected chi connectivity index (χ4v) is 17.2. The van der Waals surface area contributed by atoms with Gasteiger partial charge >= 0.3 is 36.0 Å². The molecule has 9 heterocycles. The molecule has 9 aromatic rings. The molecule has 3 aliphatic heterocycles. The normalized spacial score (nSPS) is 13.2. The van der Waals surface area contributed by atoms with Gasteiger partial charge in [0.2, 0.25) is 38.1 Å². The van der Waals surface area contributed by atoms with E-state index in [-0.39, 0.29) is 64.0 Å². The van der Waals surface area contributed by atoms with Gasteiger partial charge < -0.3 is 89.6 Å². The van der Waals surface area contributed by atoms with Crippen molar-refractivity contribution in [3.63, 3.8) is 0 Å². The summed E-state index contributed by atoms with van der Waals surface area (Å²) >= 11 is 11.7. The Morgan fingerprint density at radius 2 is 0.655 bits per heavy atom. The van der Waals surface area contributed by atoms with Crippen LogP contribution in [0.3, 0.4) is 0 Å². The first-order valence-corrected chi connectivity index (χ1v) is 46.5. The summed E-state index contributed by atoms with van der Waals surface area (Å²) in [7, 11) is 1.30. The summed E-state index contributed by atoms with van der Waals surface area (Å²) in [5.74, 6) is 0.897. The molecule has 0 saturated carbocycles. The van der Waals surface area contributed by atoms with Crippen molar-refractivity contribution in [1.82, 2.24) is 46.6 Å². The predicted molar refractivity (Wildman–Crippen MR) is 470 cm³/mol. The van der Waals surface area contributed by atoms with Crippen LogP contribution < -0.4 is 60.3 Å². The molecule has 0 aliphatic carbocycles. The molecule has 6 atom stereocenters. The summed E-state index contributed by atoms with van der Waals surface area (Å²) < 4.78 is 42.5. The minimum atomic E-state index is -1.07. The Morgan fingerprint density at radius 1 is 0.387 bits per heavy atom. The van der Waals surface area contributed by atoms with Crippen molar-refractivity contribution in [2.45, 2.75) is 180 Å². The second-order valence-electron chi connectivity index (χ2n) is 27.4. The van der Waals surface area contributed by atoms with Crippen LogP contribution >= 0.6 is 90.6 Å². The third-order valence-electron chi connectivity index (χ3n) is 18.8. The minimum absolute atomic E-state index is 0.0721. The van der Waals surface area contributed by atoms with E-state index in [1.54, 1.807) is 144 Å². The number of unbranched alkanes of at least 4 members (excludes halogenated alkanes) is 3. The number of nitrogens with zero attached hydrogens (tertiary/aromatic N) is 3. The first-order chi connectivity index (χ1) is 57.8. The Kier molecular flexibility index (Phi) is 38.7. The standard InChI is InChI=1S/C29H35N3O6S2.C28H33N3O6S2.C27H31N3O6S2.CH3I/c1-3-5-10-23(28(34)32(17-21-8-6-13-39-21)18-22-9-7-14-40-22)30-29(35)31-24(16-27(33)36-4-2)20-11-12-25-26(15-20)38-19-37-25;1-3-4-9-22(27(33)31(16-20-7-5-12-38-20)17-21-8-6-13-39-21)29-28(34)30-23(15-26(32)35-2)19-10-11-24-25(14-19)37-18-36-24;1-2-3-8-21(26(33)30(15-19-6-4-11-37-19)16-20-7-5-12-38-20)28-27(34)29-22(14-25(31)32)18-9-10-23-24(13-18)36-17-35-23;1-2/h6-9,11-15,23-24H,3-5,10,16-19H2,1-2H3,(H2,30,31,35);5-8,10-14,22-23H,3-4,9,15-18H2,1-2H3,(H2,29,30,34);4-7,9-13,21-22H,2-3,8,14-17H2,1H3,(H,31,32)(H2,28,29,34);1H3/t23-,24+;22-,23+;21-,22+;/m000./s1. The maximum atomic E-state index is 13.9. The van der Waals surface area contributed by atoms with Gasteiger partial charge in [0.15, 0.2) is 34.5 Å². The zero-order chi connectivity index (χ0) is 84.8. The summed E-state index contributed by atoms with van der Waals surface area (Å²) in [4.78, 5) is 131. The molecule has 12 rings (SSSR count). The lowest BCUT2D eigenvalue weighted by Gasteiger charge is -2.28. The smallest absolute Gasteiger partial charge is 0.315 e. The van der Waals surface area contributed by atoms with Gasteiger partial charge in [-0.2, -0.15) is 0 Å². The highest BCUT2D eigenvalue weighted by molar-refractivity contribution is 14.1. The van der Waals surface area contributed by atoms with E-state index in [1.165, 1.54) is 7.11 Å². The molecule has 7 N–H and O–H groups in total. The number of esters is 2. The van der Waals surface area contributed by atoms with E-state index in [0.717, 1.165) is 67.8 Å². The van der Waals surface area contributed by atoms with Crippen molar-refractivity contribution in [2.75, 3.05) is 39.0 Å². The summed E-state index contributed by atoms with van der Waals surface area (Å²) in [5.41, 5.74) is 1.90. The van der Waals surface area contributed by atoms with Crippen LogP contribution in [0.25, 0.3) is 0 Å². The van der Waals surface area contributed by atoms with Crippen LogP contribution in [0.15, 0.2) is 160 Å². The molecule has 34 heteroatoms. The molecule has 0 spiro atoms. The van der Waals surface area contributed by atoms with E-state index in [0.29, 0.717) is 110 Å². The van der Waals surface area contributed by atoms with Gasteiger partial charge in [0.25, 0.3) is 0 Å². The second-order valence-corrected chi connectivity index (χ2v) is 33.6. The van der Waals surface area contributed by atoms with Crippen molar-refractivity contribution >= 4 is 144 Å². The van der Waals surface area contributed by atoms with Crippen LogP contribution in [0.5, 0.6) is 34.5 Å². The van der Waals surface area contributed by atoms with Gasteiger partial charge in [0.1, 0.15) is 18.1 Å². The number of rotatable bonds is 40. The fraction of sp³-hybridized carbons (Fsp3) is 0.400. The fourth-order valence-electron chi connectivity index (χ4n) is 12.9. The molecule has 3 aromatic carbocycles. The average Bonchev–Trinajstić information content (AvgIpc) is 1.77. The number of hydrogen-bond acceptors (Lipinski definition) is 23. The lowest BCUT2D eigenvalue weighted by molar-refractivity contribution is -0.144. The van der Waals surface area contributed by atoms with Gasteiger partial charge in [-0.3, -0.25) is 28.8 Å². The Bertz CT molecular complexity index is 4510. The number of carbonyl (C=O) groups excluding carboxylic acids is 8. The topological polar surface area (TPSA) is 330 Å². The monoisotopic (exact) mass is 1860 g/mol. The SMILES string of the molecule is CCCC[C@H](NC(=O)N[C@H](CC(=O)O)c1ccc2c(c1)OCO2)C(=O)N(Cc1cccs1)Cc1cccs1.CCCC[C@H](NC(=O)N[C@H](CC(=O)OC)c1ccc2c(c1)OCO2)C(=O)N(Cc1cccs1)Cc1cccs1.CCCC[C@H](NC(=O)N[C@H](CC(=O)OCC)c1ccc2c(c1)OCO2)C(=O)N(Cc1cccs1)Cc1cccs1.CI. The molecule has 0 fully saturated rings. The first-order valence-electron chi connectivity index (χ1n) is 39.1. The number of carbonyl (C=O) groups is 9. The minimum Gasteiger partial charge on any atom is -0.481 e. The van der Waals surface area contributed by atoms with Crippen molar-refractivity contribution in [3.8, 4) is 34.5 Å². The largest absolute Gasteiger partial charge is 0.481 e. The highest BCUT2D eigenvalue weighted by atomic mass is 127. The number of urea groups is 3. The Morgan fingerprint density at radius 3 is 0.899 bits per heavy atom. The number of fused-ring (bicyclic) bond motifs is 3. The number of nitrogens with one attached hydrogen (secondary N) is 6. The first kappa shape index (κ1) is 92.9. The highest BCUT2D eigenvalue weighted by Gasteiger charge is 2.34. The number of hydrogen-bond donors (Lipinski definition) is 7. The number of benzene rings is 3. The van der Waals surface area contributed by atoms with Gasteiger partial charge in [-0.15, -0.1) is 68.0 Å². The third-order valence-corrected chi connectivity index (χ3v) is 24.0. The number of halogens is 1. The van der Waals surface area contributed by atoms with E-state index < -0.39 is 72.3 Å². The van der Waals surface area contributed by atoms with Crippen molar-refractivity contribution in [3.05, 3.63) is 206 Å². The molecule has 0 unspecified atom stereocenters. The number of ether oxygens (including phenoxy) is 8. The van der Waals surface area contributed by atoms with E-state index in [4.69, 9.17) is 37.9 Å². The maximum Gasteiger partial charge on any atom is 0.315 e. The van der Waals surface area contributed by atoms with E-state index in [1.807, 2.05) is 131 Å². The summed E-state index contributed by atoms with van der Waals surface area (Å²) in [5, 5.41) is 38.5. The molecule has 119 heavy (non-hydrogen) atoms. The number of methoxy groups -OCH3 is 1. The van der Waals surface area contributed by atoms with Crippen molar-refractivity contribution in [2.24, 2.45) is 0 Å². The van der Waals surface area contributed by atoms with E-state index in [9.17, 15) is 48.3 Å². The number of carboxylic acids is 1. The van der Waals surface area contributed by atoms with Gasteiger partial charge in [-0.25, -0.2) is 14.4 Å². The van der Waals surface area contributed by atoms with Crippen molar-refractivity contribution in [1.29, 1.82) is 0 Å². The Labute approximate surface area is 730 Å². The molecule has 3 aliphatic rings. The summed E-state index contributed by atoms with van der Waals surface area (Å²) in [6.45, 7) is 11.1. The number of thiophene rings is 6. The quantitative estimate of drug-likeness (QED) is 0.0107. The van der Waals surface area contributed by atoms with Crippen LogP contribution in [0, 0.1) is 0 Å². The molecule has 0 radical (unpaired) electrons. The molecule has 6 aromatic heterocycles. The van der Waals surface area contributed by atoms with Gasteiger partial charge in [0, 0.05) is 29.3 Å². The van der Waals surface area contributed by atoms with Gasteiger partial charge in [-0.1, -0.05) is 136 Å². The van der Waals surface area contributed by atoms with Crippen LogP contribution in [0.1, 0.15) is 169 Å². The molecular weight excluding hydrogens is 1750 g/mol. The summed E-state index contributed by atoms with van der Waals surface area (Å²) in [6, 6.07) is 33.2. The average molecular weight is 1860 g/mol. The second kappa shape index (κ2) is 49.5. The zero-order valence-electron chi connectivity index (χ0n) is 67.2. The van der Waals surface area contributed by atoms with Crippen LogP contribution in [0.4, 0.5) is 14.4 Å². The number of aliphatic carboxylic acids is 1.